The molecule has 3 aromatic rings. The summed E-state index contributed by atoms with van der Waals surface area (Å²) in [6.07, 6.45) is 0. The monoisotopic (exact) mass is 395 g/mol. The van der Waals surface area contributed by atoms with Crippen molar-refractivity contribution in [3.63, 3.8) is 0 Å². The molecule has 1 heterocycles. The molecule has 0 radical (unpaired) electrons. The van der Waals surface area contributed by atoms with Crippen molar-refractivity contribution < 1.29 is 13.9 Å². The number of hydrogen-bond donors (Lipinski definition) is 1. The first kappa shape index (κ1) is 21.0. The zero-order chi connectivity index (χ0) is 21.6. The number of halogens is 2. The minimum Gasteiger partial charge on any atom is -0.507 e. The second kappa shape index (κ2) is 7.25. The molecule has 0 saturated carbocycles. The SMILES string of the molecule is CC(C)(C)c1cc(-c2cccc(-c3ccc(F)cc3F)n2)c(O)c(C(C)(C)C)c1. The lowest BCUT2D eigenvalue weighted by Gasteiger charge is -2.27. The summed E-state index contributed by atoms with van der Waals surface area (Å²) in [5.74, 6) is -1.12. The van der Waals surface area contributed by atoms with Crippen molar-refractivity contribution in [2.45, 2.75) is 52.4 Å². The maximum atomic E-state index is 14.3. The summed E-state index contributed by atoms with van der Waals surface area (Å²) in [4.78, 5) is 4.59. The predicted molar refractivity (Wildman–Crippen MR) is 114 cm³/mol. The van der Waals surface area contributed by atoms with Crippen molar-refractivity contribution >= 4 is 0 Å². The molecule has 2 nitrogen and oxygen atoms in total. The Balaban J connectivity index is 2.23. The van der Waals surface area contributed by atoms with Crippen molar-refractivity contribution in [1.82, 2.24) is 4.98 Å². The third-order valence-electron chi connectivity index (χ3n) is 5.02. The number of phenolic OH excluding ortho intramolecular Hbond substituents is 1. The third kappa shape index (κ3) is 4.31. The predicted octanol–water partition coefficient (Wildman–Crippen LogP) is 6.99. The number of benzene rings is 2. The van der Waals surface area contributed by atoms with Gasteiger partial charge in [0.25, 0.3) is 0 Å². The minimum atomic E-state index is -0.669. The quantitative estimate of drug-likeness (QED) is 0.507. The Hall–Kier alpha value is -2.75. The molecule has 0 bridgehead atoms. The molecular formula is C25H27F2NO. The third-order valence-corrected chi connectivity index (χ3v) is 5.02. The lowest BCUT2D eigenvalue weighted by molar-refractivity contribution is 0.446. The first-order chi connectivity index (χ1) is 13.4. The highest BCUT2D eigenvalue weighted by atomic mass is 19.1. The summed E-state index contributed by atoms with van der Waals surface area (Å²) in [6.45, 7) is 12.5. The average Bonchev–Trinajstić information content (AvgIpc) is 2.60. The number of phenols is 1. The van der Waals surface area contributed by atoms with Gasteiger partial charge in [0.1, 0.15) is 17.4 Å². The van der Waals surface area contributed by atoms with E-state index < -0.39 is 11.6 Å². The summed E-state index contributed by atoms with van der Waals surface area (Å²) in [7, 11) is 0. The van der Waals surface area contributed by atoms with Gasteiger partial charge in [-0.25, -0.2) is 13.8 Å². The zero-order valence-corrected chi connectivity index (χ0v) is 17.8. The average molecular weight is 395 g/mol. The zero-order valence-electron chi connectivity index (χ0n) is 17.8. The van der Waals surface area contributed by atoms with E-state index in [2.05, 4.69) is 46.5 Å². The Kier molecular flexibility index (Phi) is 5.24. The maximum Gasteiger partial charge on any atom is 0.135 e. The van der Waals surface area contributed by atoms with E-state index >= 15 is 0 Å². The van der Waals surface area contributed by atoms with Gasteiger partial charge < -0.3 is 5.11 Å². The summed E-state index contributed by atoms with van der Waals surface area (Å²) in [5.41, 5.74) is 3.28. The Bertz CT molecular complexity index is 1060. The molecule has 0 fully saturated rings. The van der Waals surface area contributed by atoms with Crippen LogP contribution >= 0.6 is 0 Å². The van der Waals surface area contributed by atoms with Crippen LogP contribution in [0.3, 0.4) is 0 Å². The summed E-state index contributed by atoms with van der Waals surface area (Å²) >= 11 is 0. The van der Waals surface area contributed by atoms with Crippen molar-refractivity contribution in [2.24, 2.45) is 0 Å². The summed E-state index contributed by atoms with van der Waals surface area (Å²) < 4.78 is 27.5. The van der Waals surface area contributed by atoms with Crippen molar-refractivity contribution in [1.29, 1.82) is 0 Å². The first-order valence-corrected chi connectivity index (χ1v) is 9.69. The van der Waals surface area contributed by atoms with E-state index in [-0.39, 0.29) is 22.1 Å². The van der Waals surface area contributed by atoms with Gasteiger partial charge in [-0.15, -0.1) is 0 Å². The van der Waals surface area contributed by atoms with Crippen LogP contribution in [0.4, 0.5) is 8.78 Å². The van der Waals surface area contributed by atoms with Gasteiger partial charge in [-0.2, -0.15) is 0 Å². The fourth-order valence-electron chi connectivity index (χ4n) is 3.27. The van der Waals surface area contributed by atoms with Gasteiger partial charge in [0.2, 0.25) is 0 Å². The van der Waals surface area contributed by atoms with Crippen molar-refractivity contribution in [3.8, 4) is 28.3 Å². The molecule has 1 aromatic heterocycles. The second-order valence-electron chi connectivity index (χ2n) is 9.45. The Morgan fingerprint density at radius 3 is 1.93 bits per heavy atom. The molecule has 0 aliphatic heterocycles. The largest absolute Gasteiger partial charge is 0.507 e. The standard InChI is InChI=1S/C25H27F2NO/c1-24(2,3)15-12-18(23(29)19(13-15)25(4,5)6)22-9-7-8-21(28-22)17-11-10-16(26)14-20(17)27/h7-14,29H,1-6H3. The Labute approximate surface area is 171 Å². The molecule has 4 heteroatoms. The molecule has 0 amide bonds. The van der Waals surface area contributed by atoms with Gasteiger partial charge in [0, 0.05) is 22.8 Å². The molecule has 0 unspecified atom stereocenters. The van der Waals surface area contributed by atoms with E-state index in [1.54, 1.807) is 18.2 Å². The molecule has 152 valence electrons. The van der Waals surface area contributed by atoms with Gasteiger partial charge in [0.05, 0.1) is 11.4 Å². The van der Waals surface area contributed by atoms with E-state index in [0.717, 1.165) is 17.2 Å². The fourth-order valence-corrected chi connectivity index (χ4v) is 3.27. The molecule has 0 spiro atoms. The number of pyridine rings is 1. The highest BCUT2D eigenvalue weighted by Gasteiger charge is 2.26. The topological polar surface area (TPSA) is 33.1 Å². The molecule has 0 aliphatic carbocycles. The van der Waals surface area contributed by atoms with Gasteiger partial charge in [0.15, 0.2) is 0 Å². The Morgan fingerprint density at radius 2 is 1.38 bits per heavy atom. The minimum absolute atomic E-state index is 0.122. The highest BCUT2D eigenvalue weighted by Crippen LogP contribution is 2.41. The van der Waals surface area contributed by atoms with Crippen molar-refractivity contribution in [2.75, 3.05) is 0 Å². The summed E-state index contributed by atoms with van der Waals surface area (Å²) in [5, 5.41) is 11.1. The van der Waals surface area contributed by atoms with Crippen LogP contribution in [-0.4, -0.2) is 10.1 Å². The van der Waals surface area contributed by atoms with E-state index in [4.69, 9.17) is 0 Å². The number of hydrogen-bond acceptors (Lipinski definition) is 2. The van der Waals surface area contributed by atoms with Crippen LogP contribution in [-0.2, 0) is 10.8 Å². The number of aromatic hydroxyl groups is 1. The van der Waals surface area contributed by atoms with Gasteiger partial charge >= 0.3 is 0 Å². The van der Waals surface area contributed by atoms with E-state index in [0.29, 0.717) is 17.0 Å². The lowest BCUT2D eigenvalue weighted by Crippen LogP contribution is -2.17. The van der Waals surface area contributed by atoms with Gasteiger partial charge in [-0.1, -0.05) is 53.7 Å². The van der Waals surface area contributed by atoms with E-state index in [9.17, 15) is 13.9 Å². The van der Waals surface area contributed by atoms with Gasteiger partial charge in [-0.05, 0) is 46.7 Å². The molecule has 0 saturated heterocycles. The Morgan fingerprint density at radius 1 is 0.759 bits per heavy atom. The van der Waals surface area contributed by atoms with E-state index in [1.807, 2.05) is 12.1 Å². The maximum absolute atomic E-state index is 14.3. The molecule has 29 heavy (non-hydrogen) atoms. The van der Waals surface area contributed by atoms with Crippen LogP contribution in [0.1, 0.15) is 52.7 Å². The molecular weight excluding hydrogens is 368 g/mol. The fraction of sp³-hybridized carbons (Fsp3) is 0.320. The van der Waals surface area contributed by atoms with Crippen LogP contribution in [0.25, 0.3) is 22.5 Å². The van der Waals surface area contributed by atoms with Crippen molar-refractivity contribution in [3.05, 3.63) is 71.3 Å². The van der Waals surface area contributed by atoms with E-state index in [1.165, 1.54) is 12.1 Å². The molecule has 3 rings (SSSR count). The number of rotatable bonds is 2. The molecule has 2 aromatic carbocycles. The van der Waals surface area contributed by atoms with Crippen LogP contribution in [0.15, 0.2) is 48.5 Å². The first-order valence-electron chi connectivity index (χ1n) is 9.69. The highest BCUT2D eigenvalue weighted by molar-refractivity contribution is 5.73. The molecule has 1 N–H and O–H groups in total. The van der Waals surface area contributed by atoms with Gasteiger partial charge in [-0.3, -0.25) is 0 Å². The number of aromatic nitrogens is 1. The second-order valence-corrected chi connectivity index (χ2v) is 9.45. The molecule has 0 aliphatic rings. The molecule has 0 atom stereocenters. The normalized spacial score (nSPS) is 12.3. The number of nitrogens with zero attached hydrogens (tertiary/aromatic N) is 1. The van der Waals surface area contributed by atoms with Crippen LogP contribution in [0.5, 0.6) is 5.75 Å². The van der Waals surface area contributed by atoms with Crippen LogP contribution in [0, 0.1) is 11.6 Å². The van der Waals surface area contributed by atoms with Crippen LogP contribution < -0.4 is 0 Å². The van der Waals surface area contributed by atoms with Crippen LogP contribution in [0.2, 0.25) is 0 Å². The summed E-state index contributed by atoms with van der Waals surface area (Å²) in [6, 6.07) is 12.7. The smallest absolute Gasteiger partial charge is 0.135 e. The lowest BCUT2D eigenvalue weighted by atomic mass is 9.78.